The lowest BCUT2D eigenvalue weighted by atomic mass is 10.1. The van der Waals surface area contributed by atoms with Crippen LogP contribution < -0.4 is 0 Å². The Morgan fingerprint density at radius 2 is 2.30 bits per heavy atom. The van der Waals surface area contributed by atoms with Crippen molar-refractivity contribution in [2.45, 2.75) is 19.4 Å². The molecule has 0 aliphatic heterocycles. The van der Waals surface area contributed by atoms with Gasteiger partial charge in [0.05, 0.1) is 0 Å². The number of thiophene rings is 1. The number of rotatable bonds is 4. The Hall–Kier alpha value is -1.79. The molecule has 0 bridgehead atoms. The summed E-state index contributed by atoms with van der Waals surface area (Å²) in [6.45, 7) is 2.15. The van der Waals surface area contributed by atoms with Crippen LogP contribution in [0, 0.1) is 4.77 Å². The monoisotopic (exact) mass is 302 g/mol. The van der Waals surface area contributed by atoms with Gasteiger partial charge in [-0.1, -0.05) is 6.07 Å². The number of H-pyrrole nitrogens is 1. The first-order chi connectivity index (χ1) is 9.75. The molecule has 3 heterocycles. The normalized spacial score (nSPS) is 12.4. The lowest BCUT2D eigenvalue weighted by Crippen LogP contribution is -2.10. The van der Waals surface area contributed by atoms with Crippen LogP contribution in [0.15, 0.2) is 41.2 Å². The molecule has 3 aromatic heterocycles. The minimum absolute atomic E-state index is 0.229. The van der Waals surface area contributed by atoms with Crippen molar-refractivity contribution in [3.8, 4) is 11.5 Å². The number of hydrogen-bond donors (Lipinski definition) is 1. The third-order valence-electron chi connectivity index (χ3n) is 3.15. The van der Waals surface area contributed by atoms with Crippen molar-refractivity contribution in [2.24, 2.45) is 0 Å². The zero-order chi connectivity index (χ0) is 13.9. The second kappa shape index (κ2) is 5.68. The molecule has 0 aliphatic rings. The van der Waals surface area contributed by atoms with E-state index in [1.807, 2.05) is 22.8 Å². The van der Waals surface area contributed by atoms with Crippen LogP contribution in [0.5, 0.6) is 0 Å². The van der Waals surface area contributed by atoms with Crippen LogP contribution in [0.4, 0.5) is 0 Å². The number of aromatic amines is 1. The minimum atomic E-state index is 0.229. The van der Waals surface area contributed by atoms with Gasteiger partial charge in [-0.05, 0) is 60.1 Å². The number of nitrogens with one attached hydrogen (secondary N) is 1. The number of aromatic nitrogens is 4. The first-order valence-electron chi connectivity index (χ1n) is 6.35. The van der Waals surface area contributed by atoms with Crippen LogP contribution in [-0.4, -0.2) is 19.7 Å². The molecular formula is C14H14N4S2. The second-order valence-electron chi connectivity index (χ2n) is 4.62. The molecule has 0 saturated carbocycles. The summed E-state index contributed by atoms with van der Waals surface area (Å²) in [5.74, 6) is 0.790. The topological polar surface area (TPSA) is 46.5 Å². The summed E-state index contributed by atoms with van der Waals surface area (Å²) in [6, 6.07) is 8.16. The molecule has 0 saturated heterocycles. The van der Waals surface area contributed by atoms with Gasteiger partial charge in [-0.3, -0.25) is 14.6 Å². The van der Waals surface area contributed by atoms with Crippen LogP contribution in [0.1, 0.15) is 18.5 Å². The van der Waals surface area contributed by atoms with E-state index >= 15 is 0 Å². The van der Waals surface area contributed by atoms with E-state index in [0.717, 1.165) is 17.9 Å². The third kappa shape index (κ3) is 2.57. The highest BCUT2D eigenvalue weighted by Crippen LogP contribution is 2.22. The van der Waals surface area contributed by atoms with Gasteiger partial charge in [0, 0.05) is 12.2 Å². The van der Waals surface area contributed by atoms with E-state index in [-0.39, 0.29) is 6.04 Å². The maximum absolute atomic E-state index is 5.36. The summed E-state index contributed by atoms with van der Waals surface area (Å²) >= 11 is 7.08. The Morgan fingerprint density at radius 3 is 3.00 bits per heavy atom. The minimum Gasteiger partial charge on any atom is -0.296 e. The molecule has 3 rings (SSSR count). The molecule has 1 atom stereocenters. The molecule has 1 unspecified atom stereocenters. The predicted molar refractivity (Wildman–Crippen MR) is 83.4 cm³/mol. The molecule has 0 spiro atoms. The molecule has 4 nitrogen and oxygen atoms in total. The summed E-state index contributed by atoms with van der Waals surface area (Å²) in [6.07, 6.45) is 2.69. The predicted octanol–water partition coefficient (Wildman–Crippen LogP) is 3.87. The summed E-state index contributed by atoms with van der Waals surface area (Å²) in [5.41, 5.74) is 2.15. The van der Waals surface area contributed by atoms with Crippen molar-refractivity contribution in [1.29, 1.82) is 0 Å². The van der Waals surface area contributed by atoms with E-state index in [4.69, 9.17) is 12.2 Å². The Bertz CT molecular complexity index is 728. The Kier molecular flexibility index (Phi) is 3.75. The van der Waals surface area contributed by atoms with E-state index in [9.17, 15) is 0 Å². The van der Waals surface area contributed by atoms with Gasteiger partial charge in [0.2, 0.25) is 0 Å². The van der Waals surface area contributed by atoms with Gasteiger partial charge in [-0.2, -0.15) is 16.4 Å². The quantitative estimate of drug-likeness (QED) is 0.744. The van der Waals surface area contributed by atoms with Gasteiger partial charge < -0.3 is 0 Å². The van der Waals surface area contributed by atoms with E-state index in [1.54, 1.807) is 17.5 Å². The molecule has 0 aromatic carbocycles. The highest BCUT2D eigenvalue weighted by atomic mass is 32.1. The molecule has 3 aromatic rings. The molecule has 20 heavy (non-hydrogen) atoms. The average Bonchev–Trinajstić information content (AvgIpc) is 3.09. The van der Waals surface area contributed by atoms with Gasteiger partial charge in [0.15, 0.2) is 10.6 Å². The van der Waals surface area contributed by atoms with Gasteiger partial charge in [-0.25, -0.2) is 0 Å². The van der Waals surface area contributed by atoms with E-state index in [1.165, 1.54) is 5.56 Å². The van der Waals surface area contributed by atoms with Gasteiger partial charge in [0.25, 0.3) is 0 Å². The van der Waals surface area contributed by atoms with Crippen molar-refractivity contribution >= 4 is 23.6 Å². The summed E-state index contributed by atoms with van der Waals surface area (Å²) in [5, 5.41) is 11.5. The lowest BCUT2D eigenvalue weighted by Gasteiger charge is -2.14. The van der Waals surface area contributed by atoms with Crippen LogP contribution >= 0.6 is 23.6 Å². The summed E-state index contributed by atoms with van der Waals surface area (Å²) in [4.78, 5) is 4.35. The maximum atomic E-state index is 5.36. The SMILES string of the molecule is CC(Cc1ccsc1)n1c(-c2ccccn2)n[nH]c1=S. The van der Waals surface area contributed by atoms with Crippen molar-refractivity contribution < 1.29 is 0 Å². The molecule has 0 amide bonds. The summed E-state index contributed by atoms with van der Waals surface area (Å²) < 4.78 is 2.67. The van der Waals surface area contributed by atoms with Crippen molar-refractivity contribution in [2.75, 3.05) is 0 Å². The lowest BCUT2D eigenvalue weighted by molar-refractivity contribution is 0.542. The molecule has 1 N–H and O–H groups in total. The number of nitrogens with zero attached hydrogens (tertiary/aromatic N) is 3. The van der Waals surface area contributed by atoms with E-state index < -0.39 is 0 Å². The first-order valence-corrected chi connectivity index (χ1v) is 7.70. The molecule has 102 valence electrons. The van der Waals surface area contributed by atoms with Crippen LogP contribution in [0.2, 0.25) is 0 Å². The van der Waals surface area contributed by atoms with Gasteiger partial charge in [0.1, 0.15) is 5.69 Å². The smallest absolute Gasteiger partial charge is 0.195 e. The number of hydrogen-bond acceptors (Lipinski definition) is 4. The van der Waals surface area contributed by atoms with Crippen LogP contribution in [0.25, 0.3) is 11.5 Å². The van der Waals surface area contributed by atoms with Crippen LogP contribution in [0.3, 0.4) is 0 Å². The van der Waals surface area contributed by atoms with Gasteiger partial charge in [-0.15, -0.1) is 0 Å². The second-order valence-corrected chi connectivity index (χ2v) is 5.79. The van der Waals surface area contributed by atoms with Crippen molar-refractivity contribution in [3.63, 3.8) is 0 Å². The first kappa shape index (κ1) is 13.2. The fourth-order valence-corrected chi connectivity index (χ4v) is 3.22. The highest BCUT2D eigenvalue weighted by molar-refractivity contribution is 7.71. The fraction of sp³-hybridized carbons (Fsp3) is 0.214. The third-order valence-corrected chi connectivity index (χ3v) is 4.17. The largest absolute Gasteiger partial charge is 0.296 e. The fourth-order valence-electron chi connectivity index (χ4n) is 2.23. The average molecular weight is 302 g/mol. The van der Waals surface area contributed by atoms with Gasteiger partial charge >= 0.3 is 0 Å². The zero-order valence-corrected chi connectivity index (χ0v) is 12.6. The molecule has 0 fully saturated rings. The Balaban J connectivity index is 1.97. The van der Waals surface area contributed by atoms with Crippen LogP contribution in [-0.2, 0) is 6.42 Å². The van der Waals surface area contributed by atoms with E-state index in [2.05, 4.69) is 38.9 Å². The Labute approximate surface area is 126 Å². The zero-order valence-electron chi connectivity index (χ0n) is 11.0. The maximum Gasteiger partial charge on any atom is 0.195 e. The Morgan fingerprint density at radius 1 is 1.40 bits per heavy atom. The number of pyridine rings is 1. The summed E-state index contributed by atoms with van der Waals surface area (Å²) in [7, 11) is 0. The van der Waals surface area contributed by atoms with E-state index in [0.29, 0.717) is 4.77 Å². The van der Waals surface area contributed by atoms with Crippen molar-refractivity contribution in [1.82, 2.24) is 19.7 Å². The standard InChI is InChI=1S/C14H14N4S2/c1-10(8-11-5-7-20-9-11)18-13(16-17-14(18)19)12-4-2-3-6-15-12/h2-7,9-10H,8H2,1H3,(H,17,19). The molecular weight excluding hydrogens is 288 g/mol. The van der Waals surface area contributed by atoms with Crippen molar-refractivity contribution in [3.05, 3.63) is 51.6 Å². The molecule has 6 heteroatoms. The molecule has 0 radical (unpaired) electrons. The molecule has 0 aliphatic carbocycles. The highest BCUT2D eigenvalue weighted by Gasteiger charge is 2.15.